The molecule has 1 aromatic heterocycles. The van der Waals surface area contributed by atoms with Gasteiger partial charge in [-0.1, -0.05) is 23.7 Å². The topological polar surface area (TPSA) is 74.2 Å². The van der Waals surface area contributed by atoms with Crippen LogP contribution in [0.4, 0.5) is 11.5 Å². The summed E-state index contributed by atoms with van der Waals surface area (Å²) in [7, 11) is 0. The number of hydrogen-bond donors (Lipinski definition) is 3. The second-order valence-corrected chi connectivity index (χ2v) is 5.01. The van der Waals surface area contributed by atoms with E-state index in [1.807, 2.05) is 18.2 Å². The molecule has 1 amide bonds. The average Bonchev–Trinajstić information content (AvgIpc) is 2.49. The molecule has 1 heterocycles. The Morgan fingerprint density at radius 3 is 2.86 bits per heavy atom. The van der Waals surface area contributed by atoms with Crippen molar-refractivity contribution >= 4 is 29.0 Å². The summed E-state index contributed by atoms with van der Waals surface area (Å²) in [6, 6.07) is 10.1. The Bertz CT molecular complexity index is 617. The maximum Gasteiger partial charge on any atom is 0.247 e. The van der Waals surface area contributed by atoms with Crippen LogP contribution >= 0.6 is 11.6 Å². The van der Waals surface area contributed by atoms with Crippen LogP contribution in [-0.2, 0) is 11.4 Å². The fraction of sp³-hybridized carbons (Fsp3) is 0.200. The van der Waals surface area contributed by atoms with E-state index in [0.29, 0.717) is 10.8 Å². The second-order valence-electron chi connectivity index (χ2n) is 4.58. The van der Waals surface area contributed by atoms with Crippen LogP contribution in [0.15, 0.2) is 42.6 Å². The summed E-state index contributed by atoms with van der Waals surface area (Å²) in [5.41, 5.74) is 1.56. The van der Waals surface area contributed by atoms with Gasteiger partial charge in [-0.25, -0.2) is 4.98 Å². The zero-order valence-corrected chi connectivity index (χ0v) is 12.3. The van der Waals surface area contributed by atoms with Crippen LogP contribution in [-0.4, -0.2) is 22.0 Å². The molecule has 0 aliphatic carbocycles. The fourth-order valence-corrected chi connectivity index (χ4v) is 1.87. The van der Waals surface area contributed by atoms with Crippen molar-refractivity contribution in [2.24, 2.45) is 0 Å². The minimum atomic E-state index is -0.448. The first kappa shape index (κ1) is 15.3. The van der Waals surface area contributed by atoms with Crippen LogP contribution in [0.3, 0.4) is 0 Å². The van der Waals surface area contributed by atoms with Crippen molar-refractivity contribution in [2.75, 3.05) is 10.6 Å². The quantitative estimate of drug-likeness (QED) is 0.794. The van der Waals surface area contributed by atoms with Gasteiger partial charge in [0.05, 0.1) is 11.6 Å². The predicted octanol–water partition coefficient (Wildman–Crippen LogP) is 2.67. The number of hydrogen-bond acceptors (Lipinski definition) is 4. The monoisotopic (exact) mass is 305 g/mol. The fourth-order valence-electron chi connectivity index (χ4n) is 1.76. The minimum Gasteiger partial charge on any atom is -0.392 e. The normalized spacial score (nSPS) is 11.8. The Balaban J connectivity index is 1.97. The molecule has 2 aromatic rings. The van der Waals surface area contributed by atoms with E-state index in [0.717, 1.165) is 11.3 Å². The Hall–Kier alpha value is -2.11. The van der Waals surface area contributed by atoms with Gasteiger partial charge in [-0.15, -0.1) is 0 Å². The number of halogens is 1. The summed E-state index contributed by atoms with van der Waals surface area (Å²) in [5, 5.41) is 15.4. The molecule has 0 bridgehead atoms. The molecule has 0 saturated heterocycles. The molecule has 21 heavy (non-hydrogen) atoms. The lowest BCUT2D eigenvalue weighted by Crippen LogP contribution is -2.32. The van der Waals surface area contributed by atoms with Crippen LogP contribution in [0.25, 0.3) is 0 Å². The number of carbonyl (C=O) groups is 1. The molecule has 0 radical (unpaired) electrons. The number of anilines is 2. The molecule has 1 unspecified atom stereocenters. The molecule has 1 atom stereocenters. The van der Waals surface area contributed by atoms with E-state index >= 15 is 0 Å². The van der Waals surface area contributed by atoms with Gasteiger partial charge in [-0.2, -0.15) is 0 Å². The number of aliphatic hydroxyl groups is 1. The van der Waals surface area contributed by atoms with Crippen molar-refractivity contribution in [3.8, 4) is 0 Å². The standard InChI is InChI=1S/C15H16ClN3O2/c1-10(18-13-4-2-3-11(7-13)9-20)15(21)19-14-6-5-12(16)8-17-14/h2-8,10,18,20H,9H2,1H3,(H,17,19,21). The molecule has 1 aromatic carbocycles. The van der Waals surface area contributed by atoms with Gasteiger partial charge in [0.25, 0.3) is 0 Å². The number of amides is 1. The zero-order valence-electron chi connectivity index (χ0n) is 11.5. The summed E-state index contributed by atoms with van der Waals surface area (Å²) in [6.45, 7) is 1.71. The maximum absolute atomic E-state index is 12.1. The SMILES string of the molecule is CC(Nc1cccc(CO)c1)C(=O)Nc1ccc(Cl)cn1. The Morgan fingerprint density at radius 2 is 2.19 bits per heavy atom. The van der Waals surface area contributed by atoms with Gasteiger partial charge >= 0.3 is 0 Å². The first-order valence-corrected chi connectivity index (χ1v) is 6.85. The highest BCUT2D eigenvalue weighted by molar-refractivity contribution is 6.30. The number of aromatic nitrogens is 1. The molecule has 0 aliphatic rings. The number of rotatable bonds is 5. The number of pyridine rings is 1. The van der Waals surface area contributed by atoms with E-state index in [1.54, 1.807) is 25.1 Å². The smallest absolute Gasteiger partial charge is 0.247 e. The third-order valence-corrected chi connectivity index (χ3v) is 3.09. The zero-order chi connectivity index (χ0) is 15.2. The summed E-state index contributed by atoms with van der Waals surface area (Å²) < 4.78 is 0. The van der Waals surface area contributed by atoms with E-state index in [4.69, 9.17) is 16.7 Å². The van der Waals surface area contributed by atoms with Crippen molar-refractivity contribution in [1.29, 1.82) is 0 Å². The third kappa shape index (κ3) is 4.44. The summed E-state index contributed by atoms with van der Waals surface area (Å²) in [6.07, 6.45) is 1.47. The van der Waals surface area contributed by atoms with Crippen molar-refractivity contribution in [2.45, 2.75) is 19.6 Å². The predicted molar refractivity (Wildman–Crippen MR) is 83.3 cm³/mol. The number of nitrogens with one attached hydrogen (secondary N) is 2. The number of carbonyl (C=O) groups excluding carboxylic acids is 1. The van der Waals surface area contributed by atoms with Gasteiger partial charge in [0.1, 0.15) is 11.9 Å². The van der Waals surface area contributed by atoms with Gasteiger partial charge in [0.2, 0.25) is 5.91 Å². The highest BCUT2D eigenvalue weighted by Gasteiger charge is 2.13. The minimum absolute atomic E-state index is 0.0369. The Kier molecular flexibility index (Phi) is 5.14. The van der Waals surface area contributed by atoms with Gasteiger partial charge in [0, 0.05) is 11.9 Å². The molecule has 3 N–H and O–H groups in total. The first-order valence-electron chi connectivity index (χ1n) is 6.47. The lowest BCUT2D eigenvalue weighted by Gasteiger charge is -2.15. The number of nitrogens with zero attached hydrogens (tertiary/aromatic N) is 1. The maximum atomic E-state index is 12.1. The van der Waals surface area contributed by atoms with Crippen LogP contribution in [0.5, 0.6) is 0 Å². The van der Waals surface area contributed by atoms with Gasteiger partial charge in [0.15, 0.2) is 0 Å². The highest BCUT2D eigenvalue weighted by Crippen LogP contribution is 2.13. The molecule has 2 rings (SSSR count). The number of aliphatic hydroxyl groups excluding tert-OH is 1. The van der Waals surface area contributed by atoms with E-state index in [-0.39, 0.29) is 12.5 Å². The van der Waals surface area contributed by atoms with Crippen molar-refractivity contribution < 1.29 is 9.90 Å². The van der Waals surface area contributed by atoms with Crippen LogP contribution in [0.1, 0.15) is 12.5 Å². The van der Waals surface area contributed by atoms with Crippen molar-refractivity contribution in [3.05, 3.63) is 53.2 Å². The molecule has 0 saturated carbocycles. The molecular weight excluding hydrogens is 290 g/mol. The lowest BCUT2D eigenvalue weighted by molar-refractivity contribution is -0.116. The Morgan fingerprint density at radius 1 is 1.38 bits per heavy atom. The molecule has 6 heteroatoms. The highest BCUT2D eigenvalue weighted by atomic mass is 35.5. The molecule has 0 fully saturated rings. The second kappa shape index (κ2) is 7.06. The average molecular weight is 306 g/mol. The van der Waals surface area contributed by atoms with Gasteiger partial charge in [-0.05, 0) is 36.8 Å². The molecule has 110 valence electrons. The van der Waals surface area contributed by atoms with Gasteiger partial charge in [-0.3, -0.25) is 4.79 Å². The lowest BCUT2D eigenvalue weighted by atomic mass is 10.2. The molecule has 0 spiro atoms. The summed E-state index contributed by atoms with van der Waals surface area (Å²) in [5.74, 6) is 0.237. The van der Waals surface area contributed by atoms with E-state index in [2.05, 4.69) is 15.6 Å². The number of benzene rings is 1. The van der Waals surface area contributed by atoms with E-state index in [9.17, 15) is 4.79 Å². The van der Waals surface area contributed by atoms with Crippen LogP contribution in [0, 0.1) is 0 Å². The molecule has 5 nitrogen and oxygen atoms in total. The summed E-state index contributed by atoms with van der Waals surface area (Å²) >= 11 is 5.74. The van der Waals surface area contributed by atoms with E-state index in [1.165, 1.54) is 6.20 Å². The van der Waals surface area contributed by atoms with Crippen LogP contribution < -0.4 is 10.6 Å². The van der Waals surface area contributed by atoms with Gasteiger partial charge < -0.3 is 15.7 Å². The first-order chi connectivity index (χ1) is 10.1. The largest absolute Gasteiger partial charge is 0.392 e. The third-order valence-electron chi connectivity index (χ3n) is 2.86. The van der Waals surface area contributed by atoms with E-state index < -0.39 is 6.04 Å². The summed E-state index contributed by atoms with van der Waals surface area (Å²) in [4.78, 5) is 16.1. The molecule has 0 aliphatic heterocycles. The molecular formula is C15H16ClN3O2. The van der Waals surface area contributed by atoms with Crippen LogP contribution in [0.2, 0.25) is 5.02 Å². The van der Waals surface area contributed by atoms with Crippen molar-refractivity contribution in [1.82, 2.24) is 4.98 Å². The van der Waals surface area contributed by atoms with Crippen molar-refractivity contribution in [3.63, 3.8) is 0 Å². The Labute approximate surface area is 128 Å².